The zero-order valence-electron chi connectivity index (χ0n) is 20.0. The van der Waals surface area contributed by atoms with E-state index in [1.54, 1.807) is 0 Å². The number of benzene rings is 4. The van der Waals surface area contributed by atoms with Gasteiger partial charge in [-0.3, -0.25) is 0 Å². The van der Waals surface area contributed by atoms with Crippen LogP contribution in [0, 0.1) is 0 Å². The molecule has 1 N–H and O–H groups in total. The summed E-state index contributed by atoms with van der Waals surface area (Å²) in [6.45, 7) is 4.21. The quantitative estimate of drug-likeness (QED) is 0.204. The van der Waals surface area contributed by atoms with Crippen LogP contribution < -0.4 is 35.2 Å². The third-order valence-electron chi connectivity index (χ3n) is 4.97. The zero-order valence-corrected chi connectivity index (χ0v) is 26.1. The summed E-state index contributed by atoms with van der Waals surface area (Å²) >= 11 is 0. The van der Waals surface area contributed by atoms with Crippen LogP contribution in [0.3, 0.4) is 0 Å². The molecule has 5 rings (SSSR count). The molecule has 1 nitrogen and oxygen atoms in total. The van der Waals surface area contributed by atoms with E-state index >= 15 is 0 Å². The van der Waals surface area contributed by atoms with Crippen LogP contribution in [0.1, 0.15) is 25.3 Å². The Hall–Kier alpha value is -2.04. The maximum absolute atomic E-state index is 7.50. The molecule has 0 fully saturated rings. The summed E-state index contributed by atoms with van der Waals surface area (Å²) in [6, 6.07) is 43.5. The summed E-state index contributed by atoms with van der Waals surface area (Å²) in [6.07, 6.45) is 0. The van der Waals surface area contributed by atoms with Crippen molar-refractivity contribution in [1.29, 1.82) is 0 Å². The molecule has 0 atom stereocenters. The van der Waals surface area contributed by atoms with Gasteiger partial charge < -0.3 is 30.5 Å². The first-order valence-electron chi connectivity index (χ1n) is 10.9. The van der Waals surface area contributed by atoms with Gasteiger partial charge in [0.15, 0.2) is 0 Å². The van der Waals surface area contributed by atoms with Crippen LogP contribution in [0.5, 0.6) is 0 Å². The van der Waals surface area contributed by atoms with Crippen molar-refractivity contribution in [2.24, 2.45) is 0 Å². The number of hydrogen-bond donors (Lipinski definition) is 0. The molecule has 0 heterocycles. The molecule has 0 saturated carbocycles. The molecular formula is C30H29Cl2HfNSi. The van der Waals surface area contributed by atoms with Crippen LogP contribution in [0.2, 0.25) is 0 Å². The zero-order chi connectivity index (χ0) is 22.6. The molecule has 0 spiro atoms. The average molecular weight is 681 g/mol. The van der Waals surface area contributed by atoms with Gasteiger partial charge in [0.05, 0.1) is 0 Å². The second-order valence-corrected chi connectivity index (χ2v) is 9.16. The Bertz CT molecular complexity index is 1130. The Morgan fingerprint density at radius 3 is 1.60 bits per heavy atom. The Labute approximate surface area is 244 Å². The van der Waals surface area contributed by atoms with Crippen LogP contribution in [-0.2, 0) is 25.8 Å². The summed E-state index contributed by atoms with van der Waals surface area (Å²) < 4.78 is 0. The Morgan fingerprint density at radius 2 is 1.11 bits per heavy atom. The van der Waals surface area contributed by atoms with Crippen molar-refractivity contribution < 1.29 is 50.7 Å². The van der Waals surface area contributed by atoms with Crippen molar-refractivity contribution in [3.05, 3.63) is 139 Å². The van der Waals surface area contributed by atoms with Gasteiger partial charge in [-0.05, 0) is 5.92 Å². The third-order valence-corrected chi connectivity index (χ3v) is 6.21. The van der Waals surface area contributed by atoms with Gasteiger partial charge in [0.2, 0.25) is 0 Å². The van der Waals surface area contributed by atoms with E-state index in [0.29, 0.717) is 11.6 Å². The molecule has 5 aromatic carbocycles. The van der Waals surface area contributed by atoms with E-state index in [1.807, 2.05) is 24.3 Å². The predicted octanol–water partition coefficient (Wildman–Crippen LogP) is 1.40. The van der Waals surface area contributed by atoms with Crippen LogP contribution in [-0.4, -0.2) is 9.52 Å². The summed E-state index contributed by atoms with van der Waals surface area (Å²) in [5, 5.41) is 5.46. The van der Waals surface area contributed by atoms with Crippen molar-refractivity contribution >= 4 is 36.4 Å². The second kappa shape index (κ2) is 18.3. The third kappa shape index (κ3) is 11.5. The summed E-state index contributed by atoms with van der Waals surface area (Å²) in [7, 11) is 0.777. The molecule has 0 aliphatic rings. The smallest absolute Gasteiger partial charge is 1.00 e. The molecule has 5 heteroatoms. The fourth-order valence-corrected chi connectivity index (χ4v) is 4.33. The van der Waals surface area contributed by atoms with Crippen molar-refractivity contribution in [2.75, 3.05) is 0 Å². The second-order valence-electron chi connectivity index (χ2n) is 7.75. The van der Waals surface area contributed by atoms with E-state index in [-0.39, 0.29) is 50.7 Å². The predicted molar refractivity (Wildman–Crippen MR) is 142 cm³/mol. The number of rotatable bonds is 3. The number of nitrogens with one attached hydrogen (secondary N) is 1. The maximum atomic E-state index is 7.50. The summed E-state index contributed by atoms with van der Waals surface area (Å²) in [4.78, 5) is 0. The first-order valence-corrected chi connectivity index (χ1v) is 11.9. The van der Waals surface area contributed by atoms with Gasteiger partial charge in [-0.1, -0.05) is 121 Å². The van der Waals surface area contributed by atoms with Crippen LogP contribution in [0.15, 0.2) is 127 Å². The van der Waals surface area contributed by atoms with Crippen LogP contribution in [0.4, 0.5) is 5.69 Å². The van der Waals surface area contributed by atoms with Gasteiger partial charge in [-0.25, -0.2) is 0 Å². The maximum Gasteiger partial charge on any atom is 4.00 e. The monoisotopic (exact) mass is 681 g/mol. The number of hydrogen-bond acceptors (Lipinski definition) is 0. The van der Waals surface area contributed by atoms with Crippen molar-refractivity contribution in [2.45, 2.75) is 19.8 Å². The van der Waals surface area contributed by atoms with Gasteiger partial charge >= 0.3 is 25.8 Å². The van der Waals surface area contributed by atoms with E-state index in [4.69, 9.17) is 5.73 Å². The van der Waals surface area contributed by atoms with Crippen molar-refractivity contribution in [3.8, 4) is 0 Å². The van der Waals surface area contributed by atoms with Gasteiger partial charge in [-0.2, -0.15) is 17.5 Å². The fourth-order valence-electron chi connectivity index (χ4n) is 3.28. The minimum Gasteiger partial charge on any atom is -1.00 e. The molecule has 0 bridgehead atoms. The summed E-state index contributed by atoms with van der Waals surface area (Å²) in [5.74, 6) is 0.466. The molecule has 2 radical (unpaired) electrons. The van der Waals surface area contributed by atoms with Crippen LogP contribution in [0.25, 0.3) is 16.5 Å². The molecule has 35 heavy (non-hydrogen) atoms. The minimum atomic E-state index is 0. The van der Waals surface area contributed by atoms with E-state index < -0.39 is 0 Å². The largest absolute Gasteiger partial charge is 4.00 e. The topological polar surface area (TPSA) is 23.8 Å². The van der Waals surface area contributed by atoms with E-state index in [1.165, 1.54) is 21.1 Å². The molecule has 5 aromatic rings. The van der Waals surface area contributed by atoms with Crippen molar-refractivity contribution in [1.82, 2.24) is 0 Å². The van der Waals surface area contributed by atoms with Gasteiger partial charge in [-0.15, -0.1) is 35.3 Å². The average Bonchev–Trinajstić information content (AvgIpc) is 3.30. The Morgan fingerprint density at radius 1 is 0.629 bits per heavy atom. The first-order chi connectivity index (χ1) is 15.6. The SMILES string of the molecule is CC(C)c1ccccc1[NH-].[Cl-].[Cl-].[Hf+4].c1ccc([Si]c2ccccc2)cc1.c1ccc2[cH-]ccc2c1. The normalized spacial score (nSPS) is 9.23. The van der Waals surface area contributed by atoms with E-state index in [9.17, 15) is 0 Å². The molecule has 0 aromatic heterocycles. The molecule has 0 amide bonds. The standard InChI is InChI=1S/C12H10Si.C9H12N.C9H7.2ClH.Hf/c1-3-7-11(8-4-1)13-12-9-5-2-6-10-12;1-7(2)8-5-3-4-6-9(8)10;1-2-5-9-7-3-6-8(9)4-1;;;/h1-10H;3-7,10H,1-2H3;1-7H;2*1H;/q;2*-1;;;+4/p-2. The number of halogens is 2. The molecule has 176 valence electrons. The van der Waals surface area contributed by atoms with Crippen LogP contribution >= 0.6 is 0 Å². The fraction of sp³-hybridized carbons (Fsp3) is 0.100. The summed E-state index contributed by atoms with van der Waals surface area (Å²) in [5.41, 5.74) is 9.28. The minimum absolute atomic E-state index is 0. The van der Waals surface area contributed by atoms with Gasteiger partial charge in [0, 0.05) is 0 Å². The van der Waals surface area contributed by atoms with Crippen molar-refractivity contribution in [3.63, 3.8) is 0 Å². The molecule has 0 saturated heterocycles. The number of fused-ring (bicyclic) bond motifs is 1. The molecular weight excluding hydrogens is 652 g/mol. The first kappa shape index (κ1) is 33.0. The van der Waals surface area contributed by atoms with Gasteiger partial charge in [0.1, 0.15) is 9.52 Å². The Kier molecular flexibility index (Phi) is 17.2. The Balaban J connectivity index is 0.000000483. The van der Waals surface area contributed by atoms with Gasteiger partial charge in [0.25, 0.3) is 0 Å². The molecule has 0 aliphatic carbocycles. The van der Waals surface area contributed by atoms with E-state index in [2.05, 4.69) is 117 Å². The molecule has 0 aliphatic heterocycles. The molecule has 0 unspecified atom stereocenters. The van der Waals surface area contributed by atoms with E-state index in [0.717, 1.165) is 15.1 Å².